The van der Waals surface area contributed by atoms with E-state index in [-0.39, 0.29) is 5.91 Å². The Hall–Kier alpha value is -2.40. The molecule has 27 heavy (non-hydrogen) atoms. The Kier molecular flexibility index (Phi) is 6.45. The van der Waals surface area contributed by atoms with Gasteiger partial charge >= 0.3 is 0 Å². The van der Waals surface area contributed by atoms with E-state index >= 15 is 0 Å². The molecule has 1 heterocycles. The van der Waals surface area contributed by atoms with Crippen LogP contribution in [0.4, 0.5) is 0 Å². The fourth-order valence-corrected chi connectivity index (χ4v) is 3.57. The van der Waals surface area contributed by atoms with E-state index in [4.69, 9.17) is 0 Å². The first-order valence-electron chi connectivity index (χ1n) is 9.11. The molecule has 0 atom stereocenters. The van der Waals surface area contributed by atoms with Gasteiger partial charge in [0.15, 0.2) is 0 Å². The number of nitrogens with zero attached hydrogens (tertiary/aromatic N) is 2. The highest BCUT2D eigenvalue weighted by molar-refractivity contribution is 9.10. The van der Waals surface area contributed by atoms with Gasteiger partial charge < -0.3 is 5.32 Å². The van der Waals surface area contributed by atoms with E-state index < -0.39 is 0 Å². The molecule has 3 aromatic rings. The number of halogens is 1. The maximum Gasteiger partial charge on any atom is 0.220 e. The zero-order chi connectivity index (χ0) is 19.2. The number of hydrogen-bond acceptors (Lipinski definition) is 2. The number of aromatic nitrogens is 2. The van der Waals surface area contributed by atoms with Crippen molar-refractivity contribution in [3.63, 3.8) is 0 Å². The van der Waals surface area contributed by atoms with Crippen molar-refractivity contribution in [3.8, 4) is 0 Å². The third kappa shape index (κ3) is 5.30. The molecule has 0 spiro atoms. The molecular weight excluding hydrogens is 402 g/mol. The van der Waals surface area contributed by atoms with Crippen molar-refractivity contribution < 1.29 is 4.79 Å². The molecule has 5 heteroatoms. The smallest absolute Gasteiger partial charge is 0.220 e. The third-order valence-corrected chi connectivity index (χ3v) is 5.19. The van der Waals surface area contributed by atoms with Crippen molar-refractivity contribution in [1.82, 2.24) is 15.1 Å². The van der Waals surface area contributed by atoms with Gasteiger partial charge in [0.1, 0.15) is 0 Å². The molecule has 140 valence electrons. The van der Waals surface area contributed by atoms with Crippen LogP contribution in [-0.4, -0.2) is 15.7 Å². The lowest BCUT2D eigenvalue weighted by Crippen LogP contribution is -2.23. The number of carbonyl (C=O) groups excluding carboxylic acids is 1. The fraction of sp³-hybridized carbons (Fsp3) is 0.273. The second kappa shape index (κ2) is 9.00. The van der Waals surface area contributed by atoms with Gasteiger partial charge in [-0.15, -0.1) is 0 Å². The Balaban J connectivity index is 1.56. The summed E-state index contributed by atoms with van der Waals surface area (Å²) >= 11 is 3.46. The summed E-state index contributed by atoms with van der Waals surface area (Å²) in [6.07, 6.45) is 1.21. The first-order valence-corrected chi connectivity index (χ1v) is 9.90. The minimum absolute atomic E-state index is 0.0598. The van der Waals surface area contributed by atoms with E-state index in [0.717, 1.165) is 40.0 Å². The lowest BCUT2D eigenvalue weighted by atomic mass is 10.1. The van der Waals surface area contributed by atoms with Gasteiger partial charge in [-0.2, -0.15) is 5.10 Å². The Morgan fingerprint density at radius 3 is 2.56 bits per heavy atom. The van der Waals surface area contributed by atoms with Crippen LogP contribution < -0.4 is 5.32 Å². The van der Waals surface area contributed by atoms with Crippen LogP contribution in [0.3, 0.4) is 0 Å². The molecule has 0 unspecified atom stereocenters. The normalized spacial score (nSPS) is 10.8. The van der Waals surface area contributed by atoms with Gasteiger partial charge in [0.05, 0.1) is 12.2 Å². The molecule has 0 bridgehead atoms. The summed E-state index contributed by atoms with van der Waals surface area (Å²) in [7, 11) is 0. The molecule has 0 fully saturated rings. The summed E-state index contributed by atoms with van der Waals surface area (Å²) in [4.78, 5) is 12.2. The van der Waals surface area contributed by atoms with E-state index in [1.807, 2.05) is 48.0 Å². The predicted molar refractivity (Wildman–Crippen MR) is 112 cm³/mol. The van der Waals surface area contributed by atoms with Gasteiger partial charge in [0.25, 0.3) is 0 Å². The predicted octanol–water partition coefficient (Wildman–Crippen LogP) is 4.56. The minimum Gasteiger partial charge on any atom is -0.352 e. The van der Waals surface area contributed by atoms with Crippen LogP contribution in [0, 0.1) is 13.8 Å². The molecule has 3 rings (SSSR count). The molecule has 2 aromatic carbocycles. The zero-order valence-electron chi connectivity index (χ0n) is 15.7. The molecule has 0 aliphatic heterocycles. The summed E-state index contributed by atoms with van der Waals surface area (Å²) < 4.78 is 3.05. The van der Waals surface area contributed by atoms with E-state index in [0.29, 0.717) is 13.0 Å². The second-order valence-electron chi connectivity index (χ2n) is 6.70. The molecule has 0 saturated carbocycles. The van der Waals surface area contributed by atoms with Crippen LogP contribution in [0.5, 0.6) is 0 Å². The van der Waals surface area contributed by atoms with E-state index in [2.05, 4.69) is 51.5 Å². The highest BCUT2D eigenvalue weighted by Crippen LogP contribution is 2.15. The monoisotopic (exact) mass is 425 g/mol. The first kappa shape index (κ1) is 19.4. The number of amides is 1. The van der Waals surface area contributed by atoms with Crippen molar-refractivity contribution in [3.05, 3.63) is 87.1 Å². The average Bonchev–Trinajstić information content (AvgIpc) is 2.92. The van der Waals surface area contributed by atoms with Crippen LogP contribution in [-0.2, 0) is 24.3 Å². The fourth-order valence-electron chi connectivity index (χ4n) is 3.13. The summed E-state index contributed by atoms with van der Waals surface area (Å²) in [5, 5.41) is 7.69. The van der Waals surface area contributed by atoms with Crippen molar-refractivity contribution in [1.29, 1.82) is 0 Å². The lowest BCUT2D eigenvalue weighted by molar-refractivity contribution is -0.121. The number of carbonyl (C=O) groups is 1. The van der Waals surface area contributed by atoms with E-state index in [9.17, 15) is 4.79 Å². The van der Waals surface area contributed by atoms with Crippen molar-refractivity contribution in [2.24, 2.45) is 0 Å². The summed E-state index contributed by atoms with van der Waals surface area (Å²) in [5.41, 5.74) is 5.54. The van der Waals surface area contributed by atoms with Crippen LogP contribution in [0.1, 0.15) is 34.5 Å². The number of hydrogen-bond donors (Lipinski definition) is 1. The number of aryl methyl sites for hydroxylation is 2. The van der Waals surface area contributed by atoms with Crippen molar-refractivity contribution in [2.75, 3.05) is 0 Å². The summed E-state index contributed by atoms with van der Waals surface area (Å²) in [6.45, 7) is 5.32. The molecule has 4 nitrogen and oxygen atoms in total. The van der Waals surface area contributed by atoms with Crippen molar-refractivity contribution >= 4 is 21.8 Å². The molecule has 1 amide bonds. The molecule has 0 aliphatic carbocycles. The van der Waals surface area contributed by atoms with Gasteiger partial charge in [0.2, 0.25) is 5.91 Å². The Morgan fingerprint density at radius 1 is 1.07 bits per heavy atom. The Morgan fingerprint density at radius 2 is 1.81 bits per heavy atom. The molecule has 1 aromatic heterocycles. The zero-order valence-corrected chi connectivity index (χ0v) is 17.3. The number of nitrogens with one attached hydrogen (secondary N) is 1. The van der Waals surface area contributed by atoms with Gasteiger partial charge in [-0.25, -0.2) is 0 Å². The third-order valence-electron chi connectivity index (χ3n) is 4.70. The highest BCUT2D eigenvalue weighted by atomic mass is 79.9. The van der Waals surface area contributed by atoms with Crippen LogP contribution in [0.15, 0.2) is 59.1 Å². The number of benzene rings is 2. The average molecular weight is 426 g/mol. The van der Waals surface area contributed by atoms with Gasteiger partial charge in [-0.3, -0.25) is 9.48 Å². The quantitative estimate of drug-likeness (QED) is 0.602. The standard InChI is InChI=1S/C22H24BrN3O/c1-16-21(17(2)26(25-16)15-19-7-4-3-5-8-19)14-24-22(27)12-11-18-9-6-10-20(23)13-18/h3-10,13H,11-12,14-15H2,1-2H3,(H,24,27). The van der Waals surface area contributed by atoms with Crippen LogP contribution in [0.2, 0.25) is 0 Å². The van der Waals surface area contributed by atoms with E-state index in [1.54, 1.807) is 0 Å². The SMILES string of the molecule is Cc1nn(Cc2ccccc2)c(C)c1CNC(=O)CCc1cccc(Br)c1. The summed E-state index contributed by atoms with van der Waals surface area (Å²) in [5.74, 6) is 0.0598. The van der Waals surface area contributed by atoms with Gasteiger partial charge in [-0.05, 0) is 43.5 Å². The number of rotatable bonds is 7. The van der Waals surface area contributed by atoms with Crippen LogP contribution >= 0.6 is 15.9 Å². The van der Waals surface area contributed by atoms with Crippen molar-refractivity contribution in [2.45, 2.75) is 39.8 Å². The highest BCUT2D eigenvalue weighted by Gasteiger charge is 2.13. The molecule has 0 aliphatic rings. The first-order chi connectivity index (χ1) is 13.0. The van der Waals surface area contributed by atoms with Crippen LogP contribution in [0.25, 0.3) is 0 Å². The maximum absolute atomic E-state index is 12.2. The molecule has 1 N–H and O–H groups in total. The summed E-state index contributed by atoms with van der Waals surface area (Å²) in [6, 6.07) is 18.4. The second-order valence-corrected chi connectivity index (χ2v) is 7.61. The largest absolute Gasteiger partial charge is 0.352 e. The Labute approximate surface area is 168 Å². The lowest BCUT2D eigenvalue weighted by Gasteiger charge is -2.08. The molecule has 0 saturated heterocycles. The van der Waals surface area contributed by atoms with E-state index in [1.165, 1.54) is 5.56 Å². The van der Waals surface area contributed by atoms with Gasteiger partial charge in [-0.1, -0.05) is 58.4 Å². The topological polar surface area (TPSA) is 46.9 Å². The minimum atomic E-state index is 0.0598. The Bertz CT molecular complexity index is 919. The molecular formula is C22H24BrN3O. The maximum atomic E-state index is 12.2. The molecule has 0 radical (unpaired) electrons. The van der Waals surface area contributed by atoms with Gasteiger partial charge in [0, 0.05) is 28.7 Å².